The lowest BCUT2D eigenvalue weighted by Crippen LogP contribution is -1.98. The van der Waals surface area contributed by atoms with Crippen LogP contribution in [0, 0.1) is 0 Å². The van der Waals surface area contributed by atoms with Crippen molar-refractivity contribution in [1.82, 2.24) is 9.78 Å². The van der Waals surface area contributed by atoms with Crippen LogP contribution < -0.4 is 4.74 Å². The molecule has 2 aromatic rings. The Kier molecular flexibility index (Phi) is 3.62. The van der Waals surface area contributed by atoms with Gasteiger partial charge in [-0.25, -0.2) is 4.79 Å². The Balaban J connectivity index is 2.01. The molecule has 5 nitrogen and oxygen atoms in total. The van der Waals surface area contributed by atoms with Crippen LogP contribution in [-0.2, 0) is 13.2 Å². The molecule has 0 fully saturated rings. The second-order valence-corrected chi connectivity index (χ2v) is 3.83. The van der Waals surface area contributed by atoms with Crippen molar-refractivity contribution in [3.8, 4) is 5.75 Å². The van der Waals surface area contributed by atoms with Crippen molar-refractivity contribution in [2.45, 2.75) is 20.1 Å². The van der Waals surface area contributed by atoms with Crippen LogP contribution >= 0.6 is 0 Å². The molecule has 18 heavy (non-hydrogen) atoms. The maximum atomic E-state index is 10.8. The Labute approximate surface area is 105 Å². The maximum absolute atomic E-state index is 10.8. The number of aromatic carboxylic acids is 1. The SMILES string of the molecule is CCn1cc(COc2cccc(C(=O)O)c2)cn1. The van der Waals surface area contributed by atoms with Crippen LogP contribution in [0.5, 0.6) is 5.75 Å². The molecule has 0 atom stereocenters. The van der Waals surface area contributed by atoms with Gasteiger partial charge in [-0.3, -0.25) is 4.68 Å². The van der Waals surface area contributed by atoms with Crippen molar-refractivity contribution >= 4 is 5.97 Å². The molecule has 0 aliphatic rings. The molecule has 0 aliphatic heterocycles. The number of benzene rings is 1. The number of carboxylic acid groups (broad SMARTS) is 1. The van der Waals surface area contributed by atoms with Crippen LogP contribution in [0.2, 0.25) is 0 Å². The van der Waals surface area contributed by atoms with Gasteiger partial charge in [0.1, 0.15) is 12.4 Å². The molecular formula is C13H14N2O3. The number of hydrogen-bond acceptors (Lipinski definition) is 3. The highest BCUT2D eigenvalue weighted by Gasteiger charge is 2.04. The van der Waals surface area contributed by atoms with E-state index in [1.54, 1.807) is 18.3 Å². The third-order valence-corrected chi connectivity index (χ3v) is 2.50. The fourth-order valence-electron chi connectivity index (χ4n) is 1.54. The van der Waals surface area contributed by atoms with Crippen molar-refractivity contribution in [3.63, 3.8) is 0 Å². The molecule has 0 bridgehead atoms. The first-order chi connectivity index (χ1) is 8.69. The van der Waals surface area contributed by atoms with E-state index in [2.05, 4.69) is 5.10 Å². The number of carbonyl (C=O) groups is 1. The molecule has 0 radical (unpaired) electrons. The highest BCUT2D eigenvalue weighted by atomic mass is 16.5. The van der Waals surface area contributed by atoms with Gasteiger partial charge in [0.2, 0.25) is 0 Å². The molecule has 5 heteroatoms. The molecule has 2 rings (SSSR count). The molecule has 1 N–H and O–H groups in total. The van der Waals surface area contributed by atoms with Gasteiger partial charge in [-0.05, 0) is 25.1 Å². The lowest BCUT2D eigenvalue weighted by atomic mass is 10.2. The average Bonchev–Trinajstić information content (AvgIpc) is 2.84. The van der Waals surface area contributed by atoms with Crippen molar-refractivity contribution in [1.29, 1.82) is 0 Å². The number of rotatable bonds is 5. The van der Waals surface area contributed by atoms with Gasteiger partial charge in [0.25, 0.3) is 0 Å². The van der Waals surface area contributed by atoms with Gasteiger partial charge in [-0.1, -0.05) is 6.07 Å². The van der Waals surface area contributed by atoms with E-state index >= 15 is 0 Å². The van der Waals surface area contributed by atoms with E-state index in [1.165, 1.54) is 12.1 Å². The zero-order valence-electron chi connectivity index (χ0n) is 10.0. The molecule has 0 saturated carbocycles. The number of ether oxygens (including phenoxy) is 1. The summed E-state index contributed by atoms with van der Waals surface area (Å²) >= 11 is 0. The first-order valence-electron chi connectivity index (χ1n) is 5.66. The standard InChI is InChI=1S/C13H14N2O3/c1-2-15-8-10(7-14-15)9-18-12-5-3-4-11(6-12)13(16)17/h3-8H,2,9H2,1H3,(H,16,17). The minimum absolute atomic E-state index is 0.219. The van der Waals surface area contributed by atoms with Gasteiger partial charge >= 0.3 is 5.97 Å². The minimum atomic E-state index is -0.959. The lowest BCUT2D eigenvalue weighted by Gasteiger charge is -2.05. The Morgan fingerprint density at radius 1 is 1.50 bits per heavy atom. The Morgan fingerprint density at radius 3 is 3.00 bits per heavy atom. The topological polar surface area (TPSA) is 64.3 Å². The average molecular weight is 246 g/mol. The molecule has 0 amide bonds. The van der Waals surface area contributed by atoms with E-state index in [0.717, 1.165) is 12.1 Å². The van der Waals surface area contributed by atoms with E-state index in [0.29, 0.717) is 12.4 Å². The molecule has 0 aliphatic carbocycles. The summed E-state index contributed by atoms with van der Waals surface area (Å²) in [5.74, 6) is -0.418. The predicted octanol–water partition coefficient (Wildman–Crippen LogP) is 2.18. The third-order valence-electron chi connectivity index (χ3n) is 2.50. The number of carboxylic acids is 1. The van der Waals surface area contributed by atoms with Gasteiger partial charge in [0, 0.05) is 18.3 Å². The quantitative estimate of drug-likeness (QED) is 0.878. The molecular weight excluding hydrogens is 232 g/mol. The second kappa shape index (κ2) is 5.35. The lowest BCUT2D eigenvalue weighted by molar-refractivity contribution is 0.0696. The predicted molar refractivity (Wildman–Crippen MR) is 65.6 cm³/mol. The number of aryl methyl sites for hydroxylation is 1. The van der Waals surface area contributed by atoms with Gasteiger partial charge in [-0.15, -0.1) is 0 Å². The van der Waals surface area contributed by atoms with Crippen LogP contribution in [-0.4, -0.2) is 20.9 Å². The molecule has 1 heterocycles. The summed E-state index contributed by atoms with van der Waals surface area (Å²) in [4.78, 5) is 10.8. The van der Waals surface area contributed by atoms with E-state index < -0.39 is 5.97 Å². The first kappa shape index (κ1) is 12.2. The molecule has 0 saturated heterocycles. The fourth-order valence-corrected chi connectivity index (χ4v) is 1.54. The smallest absolute Gasteiger partial charge is 0.335 e. The summed E-state index contributed by atoms with van der Waals surface area (Å²) in [5, 5.41) is 13.0. The van der Waals surface area contributed by atoms with Crippen LogP contribution in [0.1, 0.15) is 22.8 Å². The van der Waals surface area contributed by atoms with Crippen molar-refractivity contribution in [3.05, 3.63) is 47.8 Å². The van der Waals surface area contributed by atoms with Crippen molar-refractivity contribution in [2.24, 2.45) is 0 Å². The Hall–Kier alpha value is -2.30. The first-order valence-corrected chi connectivity index (χ1v) is 5.66. The molecule has 1 aromatic heterocycles. The van der Waals surface area contributed by atoms with Crippen LogP contribution in [0.3, 0.4) is 0 Å². The van der Waals surface area contributed by atoms with Crippen molar-refractivity contribution < 1.29 is 14.6 Å². The van der Waals surface area contributed by atoms with Gasteiger partial charge in [0.15, 0.2) is 0 Å². The number of aromatic nitrogens is 2. The van der Waals surface area contributed by atoms with E-state index in [4.69, 9.17) is 9.84 Å². The summed E-state index contributed by atoms with van der Waals surface area (Å²) in [6.07, 6.45) is 3.64. The monoisotopic (exact) mass is 246 g/mol. The fraction of sp³-hybridized carbons (Fsp3) is 0.231. The van der Waals surface area contributed by atoms with Crippen LogP contribution in [0.4, 0.5) is 0 Å². The summed E-state index contributed by atoms with van der Waals surface area (Å²) in [6, 6.07) is 6.43. The summed E-state index contributed by atoms with van der Waals surface area (Å²) in [5.41, 5.74) is 1.18. The highest BCUT2D eigenvalue weighted by Crippen LogP contribution is 2.15. The summed E-state index contributed by atoms with van der Waals surface area (Å²) in [6.45, 7) is 3.20. The van der Waals surface area contributed by atoms with E-state index in [9.17, 15) is 4.79 Å². The molecule has 0 spiro atoms. The van der Waals surface area contributed by atoms with Crippen molar-refractivity contribution in [2.75, 3.05) is 0 Å². The summed E-state index contributed by atoms with van der Waals surface area (Å²) in [7, 11) is 0. The normalized spacial score (nSPS) is 10.3. The summed E-state index contributed by atoms with van der Waals surface area (Å²) < 4.78 is 7.34. The second-order valence-electron chi connectivity index (χ2n) is 3.83. The third kappa shape index (κ3) is 2.88. The van der Waals surface area contributed by atoms with Gasteiger partial charge in [-0.2, -0.15) is 5.10 Å². The van der Waals surface area contributed by atoms with E-state index in [-0.39, 0.29) is 5.56 Å². The minimum Gasteiger partial charge on any atom is -0.489 e. The highest BCUT2D eigenvalue weighted by molar-refractivity contribution is 5.87. The van der Waals surface area contributed by atoms with Gasteiger partial charge < -0.3 is 9.84 Å². The zero-order valence-corrected chi connectivity index (χ0v) is 10.0. The largest absolute Gasteiger partial charge is 0.489 e. The number of hydrogen-bond donors (Lipinski definition) is 1. The van der Waals surface area contributed by atoms with Crippen LogP contribution in [0.15, 0.2) is 36.7 Å². The Bertz CT molecular complexity index is 549. The maximum Gasteiger partial charge on any atom is 0.335 e. The van der Waals surface area contributed by atoms with Crippen LogP contribution in [0.25, 0.3) is 0 Å². The molecule has 1 aromatic carbocycles. The zero-order chi connectivity index (χ0) is 13.0. The van der Waals surface area contributed by atoms with Gasteiger partial charge in [0.05, 0.1) is 11.8 Å². The molecule has 94 valence electrons. The number of nitrogens with zero attached hydrogens (tertiary/aromatic N) is 2. The Morgan fingerprint density at radius 2 is 2.33 bits per heavy atom. The molecule has 0 unspecified atom stereocenters. The van der Waals surface area contributed by atoms with E-state index in [1.807, 2.05) is 17.8 Å².